The first-order chi connectivity index (χ1) is 9.97. The number of nitrogens with zero attached hydrogens (tertiary/aromatic N) is 1. The van der Waals surface area contributed by atoms with Crippen molar-refractivity contribution in [1.82, 2.24) is 5.43 Å². The normalized spacial score (nSPS) is 10.8. The molecule has 2 aromatic rings. The second-order valence-electron chi connectivity index (χ2n) is 4.03. The molecule has 0 spiro atoms. The van der Waals surface area contributed by atoms with E-state index in [0.29, 0.717) is 20.1 Å². The zero-order valence-corrected chi connectivity index (χ0v) is 13.7. The lowest BCUT2D eigenvalue weighted by molar-refractivity contribution is 0.0955. The number of benzene rings is 2. The maximum atomic E-state index is 12.7. The van der Waals surface area contributed by atoms with Crippen LogP contribution in [-0.4, -0.2) is 17.2 Å². The van der Waals surface area contributed by atoms with Crippen LogP contribution in [0.5, 0.6) is 5.75 Å². The van der Waals surface area contributed by atoms with Gasteiger partial charge in [0.2, 0.25) is 0 Å². The minimum absolute atomic E-state index is 0.0597. The SMILES string of the molecule is O=C(NN=Cc1cc(O)c(Br)cc1Br)c1ccc(F)cc1. The Morgan fingerprint density at radius 3 is 2.52 bits per heavy atom. The Bertz CT molecular complexity index is 703. The van der Waals surface area contributed by atoms with Gasteiger partial charge in [0, 0.05) is 15.6 Å². The molecule has 108 valence electrons. The van der Waals surface area contributed by atoms with E-state index in [9.17, 15) is 14.3 Å². The van der Waals surface area contributed by atoms with Gasteiger partial charge in [0.05, 0.1) is 10.7 Å². The lowest BCUT2D eigenvalue weighted by Gasteiger charge is -2.03. The first kappa shape index (κ1) is 15.7. The van der Waals surface area contributed by atoms with Gasteiger partial charge in [-0.15, -0.1) is 0 Å². The number of nitrogens with one attached hydrogen (secondary N) is 1. The van der Waals surface area contributed by atoms with Crippen molar-refractivity contribution in [2.75, 3.05) is 0 Å². The maximum Gasteiger partial charge on any atom is 0.271 e. The average Bonchev–Trinajstić information content (AvgIpc) is 2.45. The fourth-order valence-corrected chi connectivity index (χ4v) is 2.58. The monoisotopic (exact) mass is 414 g/mol. The van der Waals surface area contributed by atoms with Gasteiger partial charge in [0.1, 0.15) is 11.6 Å². The van der Waals surface area contributed by atoms with Crippen molar-refractivity contribution < 1.29 is 14.3 Å². The molecule has 2 rings (SSSR count). The van der Waals surface area contributed by atoms with Crippen molar-refractivity contribution in [1.29, 1.82) is 0 Å². The minimum Gasteiger partial charge on any atom is -0.507 e. The van der Waals surface area contributed by atoms with E-state index in [-0.39, 0.29) is 5.75 Å². The van der Waals surface area contributed by atoms with Gasteiger partial charge in [-0.3, -0.25) is 4.79 Å². The van der Waals surface area contributed by atoms with E-state index in [1.807, 2.05) is 0 Å². The largest absolute Gasteiger partial charge is 0.507 e. The molecule has 0 aliphatic heterocycles. The van der Waals surface area contributed by atoms with Crippen LogP contribution in [-0.2, 0) is 0 Å². The summed E-state index contributed by atoms with van der Waals surface area (Å²) in [5, 5.41) is 13.4. The van der Waals surface area contributed by atoms with Crippen LogP contribution in [0.2, 0.25) is 0 Å². The van der Waals surface area contributed by atoms with Gasteiger partial charge in [0.25, 0.3) is 5.91 Å². The molecule has 0 radical (unpaired) electrons. The molecule has 2 aromatic carbocycles. The number of halogens is 3. The minimum atomic E-state index is -0.455. The van der Waals surface area contributed by atoms with Crippen LogP contribution in [0.1, 0.15) is 15.9 Å². The predicted octanol–water partition coefficient (Wildman–Crippen LogP) is 3.82. The molecule has 0 unspecified atom stereocenters. The molecule has 0 fully saturated rings. The summed E-state index contributed by atoms with van der Waals surface area (Å²) < 4.78 is 14.0. The molecule has 0 aromatic heterocycles. The average molecular weight is 416 g/mol. The van der Waals surface area contributed by atoms with Crippen LogP contribution in [0.3, 0.4) is 0 Å². The number of phenolic OH excluding ortho intramolecular Hbond substituents is 1. The number of hydrazone groups is 1. The summed E-state index contributed by atoms with van der Waals surface area (Å²) in [5.41, 5.74) is 3.21. The first-order valence-corrected chi connectivity index (χ1v) is 7.33. The fraction of sp³-hybridized carbons (Fsp3) is 0. The maximum absolute atomic E-state index is 12.7. The van der Waals surface area contributed by atoms with E-state index in [0.717, 1.165) is 0 Å². The fourth-order valence-electron chi connectivity index (χ4n) is 1.48. The van der Waals surface area contributed by atoms with Gasteiger partial charge >= 0.3 is 0 Å². The van der Waals surface area contributed by atoms with Crippen molar-refractivity contribution in [3.63, 3.8) is 0 Å². The summed E-state index contributed by atoms with van der Waals surface area (Å²) in [6, 6.07) is 8.27. The summed E-state index contributed by atoms with van der Waals surface area (Å²) in [6.07, 6.45) is 1.39. The van der Waals surface area contributed by atoms with Crippen LogP contribution in [0.15, 0.2) is 50.4 Å². The van der Waals surface area contributed by atoms with E-state index < -0.39 is 11.7 Å². The molecule has 2 N–H and O–H groups in total. The van der Waals surface area contributed by atoms with Gasteiger partial charge < -0.3 is 5.11 Å². The Balaban J connectivity index is 2.07. The highest BCUT2D eigenvalue weighted by atomic mass is 79.9. The number of phenols is 1. The Kier molecular flexibility index (Phi) is 5.08. The number of aromatic hydroxyl groups is 1. The summed E-state index contributed by atoms with van der Waals surface area (Å²) in [5.74, 6) is -0.808. The Morgan fingerprint density at radius 2 is 1.86 bits per heavy atom. The third-order valence-electron chi connectivity index (χ3n) is 2.54. The number of carbonyl (C=O) groups is 1. The highest BCUT2D eigenvalue weighted by Crippen LogP contribution is 2.29. The quantitative estimate of drug-likeness (QED) is 0.591. The van der Waals surface area contributed by atoms with Gasteiger partial charge in [-0.25, -0.2) is 9.82 Å². The topological polar surface area (TPSA) is 61.7 Å². The summed E-state index contributed by atoms with van der Waals surface area (Å²) in [4.78, 5) is 11.7. The Hall–Kier alpha value is -1.73. The molecular formula is C14H9Br2FN2O2. The van der Waals surface area contributed by atoms with E-state index in [4.69, 9.17) is 0 Å². The first-order valence-electron chi connectivity index (χ1n) is 5.74. The summed E-state index contributed by atoms with van der Waals surface area (Å²) >= 11 is 6.50. The number of amides is 1. The van der Waals surface area contributed by atoms with Crippen LogP contribution in [0, 0.1) is 5.82 Å². The third-order valence-corrected chi connectivity index (χ3v) is 3.86. The van der Waals surface area contributed by atoms with Gasteiger partial charge in [-0.05, 0) is 52.3 Å². The second-order valence-corrected chi connectivity index (χ2v) is 5.74. The van der Waals surface area contributed by atoms with Gasteiger partial charge in [-0.2, -0.15) is 5.10 Å². The van der Waals surface area contributed by atoms with Crippen molar-refractivity contribution in [3.05, 3.63) is 62.3 Å². The molecule has 0 heterocycles. The zero-order chi connectivity index (χ0) is 15.4. The molecular weight excluding hydrogens is 407 g/mol. The predicted molar refractivity (Wildman–Crippen MR) is 85.0 cm³/mol. The number of carbonyl (C=O) groups excluding carboxylic acids is 1. The van der Waals surface area contributed by atoms with E-state index in [2.05, 4.69) is 42.4 Å². The van der Waals surface area contributed by atoms with E-state index in [1.54, 1.807) is 6.07 Å². The second kappa shape index (κ2) is 6.82. The summed E-state index contributed by atoms with van der Waals surface area (Å²) in [7, 11) is 0. The third kappa shape index (κ3) is 4.12. The van der Waals surface area contributed by atoms with Crippen LogP contribution < -0.4 is 5.43 Å². The standard InChI is InChI=1S/C14H9Br2FN2O2/c15-11-6-12(16)13(20)5-9(11)7-18-19-14(21)8-1-3-10(17)4-2-8/h1-7,20H,(H,19,21). The van der Waals surface area contributed by atoms with Crippen molar-refractivity contribution in [2.45, 2.75) is 0 Å². The number of rotatable bonds is 3. The van der Waals surface area contributed by atoms with Crippen LogP contribution in [0.25, 0.3) is 0 Å². The number of hydrogen-bond donors (Lipinski definition) is 2. The smallest absolute Gasteiger partial charge is 0.271 e. The molecule has 0 saturated carbocycles. The zero-order valence-electron chi connectivity index (χ0n) is 10.5. The summed E-state index contributed by atoms with van der Waals surface area (Å²) in [6.45, 7) is 0. The molecule has 21 heavy (non-hydrogen) atoms. The van der Waals surface area contributed by atoms with E-state index in [1.165, 1.54) is 36.5 Å². The molecule has 1 amide bonds. The molecule has 0 atom stereocenters. The molecule has 0 aliphatic carbocycles. The molecule has 4 nitrogen and oxygen atoms in total. The van der Waals surface area contributed by atoms with Crippen molar-refractivity contribution in [2.24, 2.45) is 5.10 Å². The van der Waals surface area contributed by atoms with Gasteiger partial charge in [0.15, 0.2) is 0 Å². The Morgan fingerprint density at radius 1 is 1.19 bits per heavy atom. The lowest BCUT2D eigenvalue weighted by Crippen LogP contribution is -2.17. The van der Waals surface area contributed by atoms with Crippen LogP contribution in [0.4, 0.5) is 4.39 Å². The lowest BCUT2D eigenvalue weighted by atomic mass is 10.2. The van der Waals surface area contributed by atoms with Crippen molar-refractivity contribution >= 4 is 44.0 Å². The molecule has 0 saturated heterocycles. The van der Waals surface area contributed by atoms with Crippen molar-refractivity contribution in [3.8, 4) is 5.75 Å². The highest BCUT2D eigenvalue weighted by Gasteiger charge is 2.05. The number of hydrogen-bond acceptors (Lipinski definition) is 3. The molecule has 0 bridgehead atoms. The van der Waals surface area contributed by atoms with E-state index >= 15 is 0 Å². The van der Waals surface area contributed by atoms with Crippen LogP contribution >= 0.6 is 31.9 Å². The highest BCUT2D eigenvalue weighted by molar-refractivity contribution is 9.11. The molecule has 7 heteroatoms. The molecule has 0 aliphatic rings. The van der Waals surface area contributed by atoms with Gasteiger partial charge in [-0.1, -0.05) is 15.9 Å². The Labute approximate surface area is 136 Å².